The second kappa shape index (κ2) is 6.58. The summed E-state index contributed by atoms with van der Waals surface area (Å²) in [4.78, 5) is 4.79. The highest BCUT2D eigenvalue weighted by Gasteiger charge is 2.22. The van der Waals surface area contributed by atoms with Crippen molar-refractivity contribution < 1.29 is 17.5 Å². The van der Waals surface area contributed by atoms with E-state index in [1.165, 1.54) is 0 Å². The van der Waals surface area contributed by atoms with E-state index in [-0.39, 0.29) is 5.75 Å². The molecule has 1 N–H and O–H groups in total. The highest BCUT2D eigenvalue weighted by Crippen LogP contribution is 2.25. The lowest BCUT2D eigenvalue weighted by molar-refractivity contribution is -0.678. The molecule has 0 bridgehead atoms. The van der Waals surface area contributed by atoms with Gasteiger partial charge in [-0.1, -0.05) is 18.2 Å². The maximum Gasteiger partial charge on any atom is 0.265 e. The van der Waals surface area contributed by atoms with Crippen LogP contribution in [0.3, 0.4) is 0 Å². The van der Waals surface area contributed by atoms with E-state index in [1.54, 1.807) is 0 Å². The van der Waals surface area contributed by atoms with Crippen LogP contribution in [0, 0.1) is 6.92 Å². The summed E-state index contributed by atoms with van der Waals surface area (Å²) in [6.07, 6.45) is 0.357. The average molecular weight is 384 g/mol. The molecule has 2 heterocycles. The molecule has 4 aromatic rings. The topological polar surface area (TPSA) is 76.1 Å². The first-order chi connectivity index (χ1) is 12.9. The normalized spacial score (nSPS) is 12.4. The molecule has 0 saturated heterocycles. The molecule has 6 nitrogen and oxygen atoms in total. The van der Waals surface area contributed by atoms with Gasteiger partial charge in [-0.2, -0.15) is 8.42 Å². The molecule has 0 atom stereocenters. The maximum absolute atomic E-state index is 11.1. The Morgan fingerprint density at radius 1 is 1.11 bits per heavy atom. The number of imidazole rings is 1. The van der Waals surface area contributed by atoms with Crippen LogP contribution in [0.5, 0.6) is 0 Å². The third-order valence-electron chi connectivity index (χ3n) is 5.08. The van der Waals surface area contributed by atoms with Crippen LogP contribution in [0.2, 0.25) is 0 Å². The van der Waals surface area contributed by atoms with Crippen LogP contribution in [0.15, 0.2) is 42.5 Å². The summed E-state index contributed by atoms with van der Waals surface area (Å²) >= 11 is 0. The number of benzene rings is 2. The molecule has 0 amide bonds. The number of fused-ring (bicyclic) bond motifs is 3. The van der Waals surface area contributed by atoms with E-state index >= 15 is 0 Å². The van der Waals surface area contributed by atoms with Crippen LogP contribution in [-0.4, -0.2) is 28.3 Å². The molecule has 0 unspecified atom stereocenters. The third-order valence-corrected chi connectivity index (χ3v) is 5.88. The molecule has 2 aromatic heterocycles. The van der Waals surface area contributed by atoms with Crippen molar-refractivity contribution in [2.75, 3.05) is 5.75 Å². The molecule has 2 aromatic carbocycles. The molecule has 0 saturated carbocycles. The smallest absolute Gasteiger partial charge is 0.265 e. The molecule has 27 heavy (non-hydrogen) atoms. The standard InChI is InChI=1S/C20H21N3O3S/c1-3-22-14(2)23(9-6-10-27(24,25)26)20-13-18-16(12-19(20)22)11-15-7-4-5-8-17(15)21-18/h4-5,7-8,11-13H,3,6,9-10H2,1-2H3/p+1. The largest absolute Gasteiger partial charge is 0.286 e. The summed E-state index contributed by atoms with van der Waals surface area (Å²) < 4.78 is 35.5. The lowest BCUT2D eigenvalue weighted by atomic mass is 10.1. The first kappa shape index (κ1) is 17.9. The van der Waals surface area contributed by atoms with Gasteiger partial charge in [0.1, 0.15) is 0 Å². The summed E-state index contributed by atoms with van der Waals surface area (Å²) in [5.74, 6) is 0.817. The summed E-state index contributed by atoms with van der Waals surface area (Å²) in [6.45, 7) is 5.47. The van der Waals surface area contributed by atoms with E-state index in [0.29, 0.717) is 13.0 Å². The molecule has 0 fully saturated rings. The predicted molar refractivity (Wildman–Crippen MR) is 106 cm³/mol. The van der Waals surface area contributed by atoms with Crippen LogP contribution in [0.4, 0.5) is 0 Å². The number of aryl methyl sites for hydroxylation is 2. The van der Waals surface area contributed by atoms with Crippen molar-refractivity contribution >= 4 is 43.0 Å². The molecule has 0 aliphatic heterocycles. The predicted octanol–water partition coefficient (Wildman–Crippen LogP) is 3.24. The molecule has 0 radical (unpaired) electrons. The Balaban J connectivity index is 1.90. The van der Waals surface area contributed by atoms with E-state index in [2.05, 4.69) is 40.3 Å². The fourth-order valence-electron chi connectivity index (χ4n) is 3.82. The molecule has 0 spiro atoms. The van der Waals surface area contributed by atoms with E-state index < -0.39 is 10.1 Å². The van der Waals surface area contributed by atoms with Gasteiger partial charge in [-0.05, 0) is 25.1 Å². The van der Waals surface area contributed by atoms with Crippen LogP contribution >= 0.6 is 0 Å². The van der Waals surface area contributed by atoms with Gasteiger partial charge in [0.25, 0.3) is 15.9 Å². The quantitative estimate of drug-likeness (QED) is 0.326. The lowest BCUT2D eigenvalue weighted by Crippen LogP contribution is -2.37. The Morgan fingerprint density at radius 3 is 2.63 bits per heavy atom. The fourth-order valence-corrected chi connectivity index (χ4v) is 4.31. The van der Waals surface area contributed by atoms with Gasteiger partial charge in [-0.3, -0.25) is 4.55 Å². The van der Waals surface area contributed by atoms with Gasteiger partial charge >= 0.3 is 0 Å². The van der Waals surface area contributed by atoms with Gasteiger partial charge in [-0.15, -0.1) is 0 Å². The number of pyridine rings is 1. The monoisotopic (exact) mass is 384 g/mol. The van der Waals surface area contributed by atoms with Gasteiger partial charge in [-0.25, -0.2) is 14.1 Å². The summed E-state index contributed by atoms with van der Waals surface area (Å²) in [5, 5.41) is 2.19. The fraction of sp³-hybridized carbons (Fsp3) is 0.300. The number of hydrogen-bond acceptors (Lipinski definition) is 3. The minimum Gasteiger partial charge on any atom is -0.286 e. The highest BCUT2D eigenvalue weighted by atomic mass is 32.2. The van der Waals surface area contributed by atoms with Crippen molar-refractivity contribution in [1.29, 1.82) is 0 Å². The number of nitrogens with zero attached hydrogens (tertiary/aromatic N) is 3. The lowest BCUT2D eigenvalue weighted by Gasteiger charge is -2.02. The molecular weight excluding hydrogens is 362 g/mol. The second-order valence-corrected chi connectivity index (χ2v) is 8.37. The third kappa shape index (κ3) is 3.28. The van der Waals surface area contributed by atoms with Gasteiger partial charge in [0.05, 0.1) is 29.9 Å². The first-order valence-electron chi connectivity index (χ1n) is 9.05. The number of rotatable bonds is 5. The summed E-state index contributed by atoms with van der Waals surface area (Å²) in [7, 11) is -3.95. The minimum absolute atomic E-state index is 0.241. The van der Waals surface area contributed by atoms with E-state index in [1.807, 2.05) is 25.1 Å². The number of aromatic nitrogens is 3. The van der Waals surface area contributed by atoms with Gasteiger partial charge < -0.3 is 0 Å². The van der Waals surface area contributed by atoms with Gasteiger partial charge in [0.15, 0.2) is 11.0 Å². The van der Waals surface area contributed by atoms with Crippen LogP contribution in [-0.2, 0) is 23.2 Å². The Hall–Kier alpha value is -2.51. The molecular formula is C20H22N3O3S+. The van der Waals surface area contributed by atoms with Crippen LogP contribution in [0.25, 0.3) is 32.8 Å². The zero-order valence-corrected chi connectivity index (χ0v) is 16.2. The van der Waals surface area contributed by atoms with E-state index in [9.17, 15) is 8.42 Å². The van der Waals surface area contributed by atoms with Gasteiger partial charge in [0, 0.05) is 30.2 Å². The number of hydrogen-bond donors (Lipinski definition) is 1. The molecule has 7 heteroatoms. The van der Waals surface area contributed by atoms with E-state index in [4.69, 9.17) is 9.54 Å². The SMILES string of the molecule is CCn1c(C)[n+](CCCS(=O)(=O)O)c2cc3nc4ccccc4cc3cc21. The Labute approximate surface area is 157 Å². The van der Waals surface area contributed by atoms with Crippen LogP contribution < -0.4 is 4.57 Å². The van der Waals surface area contributed by atoms with Crippen molar-refractivity contribution in [2.24, 2.45) is 0 Å². The summed E-state index contributed by atoms with van der Waals surface area (Å²) in [5.41, 5.74) is 4.00. The van der Waals surface area contributed by atoms with Crippen molar-refractivity contribution in [2.45, 2.75) is 33.4 Å². The Morgan fingerprint density at radius 2 is 1.89 bits per heavy atom. The average Bonchev–Trinajstić information content (AvgIpc) is 2.87. The Bertz CT molecular complexity index is 1280. The zero-order valence-electron chi connectivity index (χ0n) is 15.4. The second-order valence-electron chi connectivity index (χ2n) is 6.80. The van der Waals surface area contributed by atoms with E-state index in [0.717, 1.165) is 45.2 Å². The highest BCUT2D eigenvalue weighted by molar-refractivity contribution is 7.85. The molecule has 0 aliphatic rings. The van der Waals surface area contributed by atoms with Crippen molar-refractivity contribution in [3.05, 3.63) is 48.3 Å². The molecule has 4 rings (SSSR count). The van der Waals surface area contributed by atoms with Crippen LogP contribution in [0.1, 0.15) is 19.2 Å². The summed E-state index contributed by atoms with van der Waals surface area (Å²) in [6, 6.07) is 14.4. The first-order valence-corrected chi connectivity index (χ1v) is 10.7. The molecule has 140 valence electrons. The zero-order chi connectivity index (χ0) is 19.2. The van der Waals surface area contributed by atoms with Crippen molar-refractivity contribution in [3.63, 3.8) is 0 Å². The maximum atomic E-state index is 11.1. The van der Waals surface area contributed by atoms with Gasteiger partial charge in [0.2, 0.25) is 0 Å². The number of para-hydroxylation sites is 1. The van der Waals surface area contributed by atoms with Crippen molar-refractivity contribution in [1.82, 2.24) is 9.55 Å². The Kier molecular flexibility index (Phi) is 4.36. The minimum atomic E-state index is -3.95. The van der Waals surface area contributed by atoms with Crippen molar-refractivity contribution in [3.8, 4) is 0 Å². The molecule has 0 aliphatic carbocycles.